The number of aromatic nitrogens is 1. The molecule has 1 aromatic heterocycles. The molecule has 0 aliphatic carbocycles. The minimum absolute atomic E-state index is 0.143. The Bertz CT molecular complexity index is 1830. The lowest BCUT2D eigenvalue weighted by atomic mass is 10.0. The molecule has 0 saturated carbocycles. The van der Waals surface area contributed by atoms with Crippen molar-refractivity contribution in [3.63, 3.8) is 0 Å². The van der Waals surface area contributed by atoms with Crippen molar-refractivity contribution in [2.45, 2.75) is 71.7 Å². The van der Waals surface area contributed by atoms with E-state index >= 15 is 0 Å². The molecule has 45 heavy (non-hydrogen) atoms. The fourth-order valence-electron chi connectivity index (χ4n) is 5.94. The van der Waals surface area contributed by atoms with Crippen LogP contribution in [-0.4, -0.2) is 60.5 Å². The van der Waals surface area contributed by atoms with Crippen LogP contribution >= 0.6 is 0 Å². The van der Waals surface area contributed by atoms with Crippen LogP contribution < -0.4 is 10.5 Å². The largest absolute Gasteiger partial charge is 0.461 e. The van der Waals surface area contributed by atoms with Gasteiger partial charge in [-0.05, 0) is 93.1 Å². The summed E-state index contributed by atoms with van der Waals surface area (Å²) in [6.45, 7) is 8.66. The van der Waals surface area contributed by atoms with Crippen molar-refractivity contribution >= 4 is 49.4 Å². The molecule has 0 unspecified atom stereocenters. The van der Waals surface area contributed by atoms with Gasteiger partial charge < -0.3 is 24.7 Å². The minimum atomic E-state index is -3.75. The number of anilines is 1. The molecular formula is C34H42N4O6S. The molecule has 240 valence electrons. The summed E-state index contributed by atoms with van der Waals surface area (Å²) < 4.78 is 42.3. The molecule has 1 aliphatic rings. The van der Waals surface area contributed by atoms with Crippen LogP contribution in [0, 0.1) is 0 Å². The molecule has 1 saturated heterocycles. The fraction of sp³-hybridized carbons (Fsp3) is 0.412. The van der Waals surface area contributed by atoms with Crippen molar-refractivity contribution in [1.82, 2.24) is 9.47 Å². The molecule has 1 atom stereocenters. The van der Waals surface area contributed by atoms with Crippen molar-refractivity contribution < 1.29 is 27.5 Å². The van der Waals surface area contributed by atoms with E-state index in [2.05, 4.69) is 4.72 Å². The normalized spacial score (nSPS) is 15.5. The quantitative estimate of drug-likeness (QED) is 0.204. The van der Waals surface area contributed by atoms with Gasteiger partial charge in [0.2, 0.25) is 10.0 Å². The Kier molecular flexibility index (Phi) is 9.41. The number of nitrogens with two attached hydrogens (primary N) is 1. The Morgan fingerprint density at radius 1 is 1.04 bits per heavy atom. The summed E-state index contributed by atoms with van der Waals surface area (Å²) in [5.74, 6) is -0.576. The van der Waals surface area contributed by atoms with Crippen LogP contribution in [0.15, 0.2) is 60.7 Å². The van der Waals surface area contributed by atoms with Crippen LogP contribution in [0.5, 0.6) is 0 Å². The standard InChI is InChI=1S/C34H42N4O6S/c1-5-43-32(39)31-20-25-13-12-23(21-35)17-30(25)38(31)22-26-19-27(18-24-9-6-7-11-29(24)26)36-45(41,42)16-14-28-10-8-15-37(28)33(40)44-34(2,3)4/h6-7,9,11-13,17-20,28,36H,5,8,10,14-16,21-22,35H2,1-4H3/t28-/m0/s1. The van der Waals surface area contributed by atoms with Crippen molar-refractivity contribution in [3.05, 3.63) is 77.5 Å². The Morgan fingerprint density at radius 3 is 2.56 bits per heavy atom. The van der Waals surface area contributed by atoms with Gasteiger partial charge in [0, 0.05) is 42.3 Å². The average Bonchev–Trinajstić information content (AvgIpc) is 3.60. The van der Waals surface area contributed by atoms with Gasteiger partial charge in [0.05, 0.1) is 12.4 Å². The van der Waals surface area contributed by atoms with E-state index in [0.717, 1.165) is 45.6 Å². The SMILES string of the molecule is CCOC(=O)c1cc2ccc(CN)cc2n1Cc1cc(NS(=O)(=O)CC[C@@H]2CCCN2C(=O)OC(C)(C)C)cc2ccccc12. The molecule has 1 aliphatic heterocycles. The summed E-state index contributed by atoms with van der Waals surface area (Å²) in [5.41, 5.74) is 8.73. The summed E-state index contributed by atoms with van der Waals surface area (Å²) in [6, 6.07) is 18.8. The molecule has 0 spiro atoms. The number of hydrogen-bond acceptors (Lipinski definition) is 7. The van der Waals surface area contributed by atoms with E-state index in [9.17, 15) is 18.0 Å². The van der Waals surface area contributed by atoms with E-state index in [1.165, 1.54) is 0 Å². The first-order chi connectivity index (χ1) is 21.4. The second kappa shape index (κ2) is 13.1. The lowest BCUT2D eigenvalue weighted by molar-refractivity contribution is 0.0224. The first kappa shape index (κ1) is 32.3. The maximum Gasteiger partial charge on any atom is 0.410 e. The highest BCUT2D eigenvalue weighted by Crippen LogP contribution is 2.30. The van der Waals surface area contributed by atoms with Crippen LogP contribution in [0.25, 0.3) is 21.7 Å². The van der Waals surface area contributed by atoms with Gasteiger partial charge in [-0.25, -0.2) is 18.0 Å². The van der Waals surface area contributed by atoms with E-state index in [4.69, 9.17) is 15.2 Å². The molecule has 10 nitrogen and oxygen atoms in total. The van der Waals surface area contributed by atoms with E-state index in [1.54, 1.807) is 11.8 Å². The summed E-state index contributed by atoms with van der Waals surface area (Å²) in [6.07, 6.45) is 1.43. The Morgan fingerprint density at radius 2 is 1.82 bits per heavy atom. The Hall–Kier alpha value is -4.09. The van der Waals surface area contributed by atoms with E-state index < -0.39 is 27.7 Å². The molecule has 1 amide bonds. The van der Waals surface area contributed by atoms with Gasteiger partial charge in [0.15, 0.2) is 0 Å². The summed E-state index contributed by atoms with van der Waals surface area (Å²) in [4.78, 5) is 27.4. The highest BCUT2D eigenvalue weighted by Gasteiger charge is 2.33. The van der Waals surface area contributed by atoms with E-state index in [1.807, 2.05) is 86.0 Å². The Labute approximate surface area is 264 Å². The first-order valence-corrected chi connectivity index (χ1v) is 17.0. The predicted molar refractivity (Wildman–Crippen MR) is 177 cm³/mol. The van der Waals surface area contributed by atoms with Crippen molar-refractivity contribution in [1.29, 1.82) is 0 Å². The van der Waals surface area contributed by atoms with Crippen LogP contribution in [0.1, 0.15) is 68.6 Å². The molecule has 1 fully saturated rings. The summed E-state index contributed by atoms with van der Waals surface area (Å²) in [5, 5.41) is 2.67. The number of rotatable bonds is 10. The third-order valence-corrected chi connectivity index (χ3v) is 9.28. The smallest absolute Gasteiger partial charge is 0.410 e. The van der Waals surface area contributed by atoms with Crippen LogP contribution in [0.3, 0.4) is 0 Å². The molecule has 11 heteroatoms. The number of benzene rings is 3. The monoisotopic (exact) mass is 634 g/mol. The van der Waals surface area contributed by atoms with Gasteiger partial charge in [-0.3, -0.25) is 4.72 Å². The van der Waals surface area contributed by atoms with Gasteiger partial charge in [0.1, 0.15) is 11.3 Å². The molecule has 4 aromatic rings. The molecule has 0 bridgehead atoms. The molecule has 0 radical (unpaired) electrons. The molecule has 5 rings (SSSR count). The number of carbonyl (C=O) groups excluding carboxylic acids is 2. The van der Waals surface area contributed by atoms with Crippen LogP contribution in [-0.2, 0) is 32.6 Å². The predicted octanol–water partition coefficient (Wildman–Crippen LogP) is 6.01. The number of nitrogens with zero attached hydrogens (tertiary/aromatic N) is 2. The van der Waals surface area contributed by atoms with Crippen molar-refractivity contribution in [2.24, 2.45) is 5.73 Å². The number of ether oxygens (including phenoxy) is 2. The summed E-state index contributed by atoms with van der Waals surface area (Å²) >= 11 is 0. The van der Waals surface area contributed by atoms with E-state index in [0.29, 0.717) is 37.4 Å². The number of amides is 1. The van der Waals surface area contributed by atoms with Gasteiger partial charge in [-0.1, -0.05) is 36.4 Å². The number of carbonyl (C=O) groups is 2. The lowest BCUT2D eigenvalue weighted by Crippen LogP contribution is -2.40. The molecular weight excluding hydrogens is 592 g/mol. The van der Waals surface area contributed by atoms with Crippen molar-refractivity contribution in [2.75, 3.05) is 23.6 Å². The van der Waals surface area contributed by atoms with Gasteiger partial charge >= 0.3 is 12.1 Å². The number of fused-ring (bicyclic) bond motifs is 2. The number of hydrogen-bond donors (Lipinski definition) is 2. The van der Waals surface area contributed by atoms with E-state index in [-0.39, 0.29) is 18.4 Å². The second-order valence-electron chi connectivity index (χ2n) is 12.5. The highest BCUT2D eigenvalue weighted by atomic mass is 32.2. The zero-order valence-electron chi connectivity index (χ0n) is 26.3. The van der Waals surface area contributed by atoms with Gasteiger partial charge in [-0.2, -0.15) is 0 Å². The highest BCUT2D eigenvalue weighted by molar-refractivity contribution is 7.92. The second-order valence-corrected chi connectivity index (χ2v) is 14.3. The number of likely N-dealkylation sites (tertiary alicyclic amines) is 1. The van der Waals surface area contributed by atoms with Crippen LogP contribution in [0.2, 0.25) is 0 Å². The maximum absolute atomic E-state index is 13.4. The molecule has 3 aromatic carbocycles. The number of sulfonamides is 1. The lowest BCUT2D eigenvalue weighted by Gasteiger charge is -2.28. The number of nitrogens with one attached hydrogen (secondary N) is 1. The third kappa shape index (κ3) is 7.59. The minimum Gasteiger partial charge on any atom is -0.461 e. The summed E-state index contributed by atoms with van der Waals surface area (Å²) in [7, 11) is -3.75. The van der Waals surface area contributed by atoms with Gasteiger partial charge in [-0.15, -0.1) is 0 Å². The first-order valence-electron chi connectivity index (χ1n) is 15.4. The molecule has 3 N–H and O–H groups in total. The third-order valence-electron chi connectivity index (χ3n) is 7.96. The molecule has 2 heterocycles. The fourth-order valence-corrected chi connectivity index (χ4v) is 7.10. The van der Waals surface area contributed by atoms with Crippen molar-refractivity contribution in [3.8, 4) is 0 Å². The zero-order valence-corrected chi connectivity index (χ0v) is 27.2. The topological polar surface area (TPSA) is 133 Å². The Balaban J connectivity index is 1.43. The zero-order chi connectivity index (χ0) is 32.4. The van der Waals surface area contributed by atoms with Gasteiger partial charge in [0.25, 0.3) is 0 Å². The average molecular weight is 635 g/mol. The maximum atomic E-state index is 13.4. The number of esters is 1. The van der Waals surface area contributed by atoms with Crippen LogP contribution in [0.4, 0.5) is 10.5 Å².